The molecule has 180 valence electrons. The van der Waals surface area contributed by atoms with Gasteiger partial charge in [0.05, 0.1) is 15.1 Å². The third-order valence-corrected chi connectivity index (χ3v) is 6.82. The van der Waals surface area contributed by atoms with Crippen molar-refractivity contribution >= 4 is 39.2 Å². The van der Waals surface area contributed by atoms with Crippen LogP contribution in [0.1, 0.15) is 31.2 Å². The fourth-order valence-corrected chi connectivity index (χ4v) is 4.77. The molecule has 9 heteroatoms. The lowest BCUT2D eigenvalue weighted by Crippen LogP contribution is -2.22. The Hall–Kier alpha value is -4.50. The number of carbonyl (C=O) groups excluding carboxylic acids is 2. The number of para-hydroxylation sites is 1. The van der Waals surface area contributed by atoms with Crippen molar-refractivity contribution < 1.29 is 18.7 Å². The van der Waals surface area contributed by atoms with Crippen LogP contribution in [-0.4, -0.2) is 22.0 Å². The molecule has 2 aromatic heterocycles. The molecule has 5 rings (SSSR count). The van der Waals surface area contributed by atoms with Crippen molar-refractivity contribution in [3.8, 4) is 11.5 Å². The van der Waals surface area contributed by atoms with Gasteiger partial charge < -0.3 is 15.4 Å². The second-order valence-corrected chi connectivity index (χ2v) is 9.06. The molecule has 0 radical (unpaired) electrons. The van der Waals surface area contributed by atoms with Gasteiger partial charge in [0.1, 0.15) is 17.3 Å². The van der Waals surface area contributed by atoms with Crippen LogP contribution in [0.25, 0.3) is 10.2 Å². The first kappa shape index (κ1) is 23.3. The van der Waals surface area contributed by atoms with Crippen LogP contribution in [0.4, 0.5) is 10.2 Å². The highest BCUT2D eigenvalue weighted by Gasteiger charge is 2.21. The molecule has 0 spiro atoms. The molecule has 0 fully saturated rings. The minimum atomic E-state index is -0.352. The third-order valence-electron chi connectivity index (χ3n) is 5.52. The van der Waals surface area contributed by atoms with Crippen LogP contribution in [0, 0.1) is 12.7 Å². The van der Waals surface area contributed by atoms with E-state index in [4.69, 9.17) is 4.74 Å². The molecule has 3 aromatic carbocycles. The summed E-state index contributed by atoms with van der Waals surface area (Å²) in [5.74, 6) is 0.613. The number of aromatic nitrogens is 2. The van der Waals surface area contributed by atoms with Crippen molar-refractivity contribution in [1.82, 2.24) is 15.5 Å². The normalized spacial score (nSPS) is 10.8. The van der Waals surface area contributed by atoms with Gasteiger partial charge in [-0.2, -0.15) is 5.10 Å². The van der Waals surface area contributed by atoms with Gasteiger partial charge in [0.2, 0.25) is 0 Å². The van der Waals surface area contributed by atoms with E-state index >= 15 is 0 Å². The van der Waals surface area contributed by atoms with Gasteiger partial charge in [0.25, 0.3) is 11.8 Å². The van der Waals surface area contributed by atoms with E-state index in [1.165, 1.54) is 23.5 Å². The second-order valence-electron chi connectivity index (χ2n) is 8.04. The predicted molar refractivity (Wildman–Crippen MR) is 137 cm³/mol. The maximum absolute atomic E-state index is 13.1. The Labute approximate surface area is 209 Å². The average molecular weight is 501 g/mol. The molecule has 0 unspecified atom stereocenters. The standard InChI is InChI=1S/C27H21FN4O3S/c1-16-22-24(36-23(16)27(34)29-15-17-10-12-19(28)13-11-17)25(32-31-22)30-26(33)18-6-5-9-21(14-18)35-20-7-3-2-4-8-20/h2-14H,15H2,1H3,(H,29,34)(H2,30,31,32,33). The Morgan fingerprint density at radius 3 is 2.50 bits per heavy atom. The summed E-state index contributed by atoms with van der Waals surface area (Å²) in [5, 5.41) is 12.8. The molecule has 0 aliphatic carbocycles. The Balaban J connectivity index is 1.30. The summed E-state index contributed by atoms with van der Waals surface area (Å²) < 4.78 is 19.6. The van der Waals surface area contributed by atoms with E-state index in [0.717, 1.165) is 11.1 Å². The number of thiophene rings is 1. The van der Waals surface area contributed by atoms with Gasteiger partial charge >= 0.3 is 0 Å². The first-order valence-electron chi connectivity index (χ1n) is 11.1. The second kappa shape index (κ2) is 10.0. The lowest BCUT2D eigenvalue weighted by molar-refractivity contribution is 0.0953. The minimum absolute atomic E-state index is 0.255. The first-order chi connectivity index (χ1) is 17.5. The van der Waals surface area contributed by atoms with E-state index < -0.39 is 0 Å². The van der Waals surface area contributed by atoms with Crippen LogP contribution in [0.2, 0.25) is 0 Å². The molecule has 7 nitrogen and oxygen atoms in total. The largest absolute Gasteiger partial charge is 0.457 e. The number of anilines is 1. The number of rotatable bonds is 7. The van der Waals surface area contributed by atoms with Crippen LogP contribution in [0.3, 0.4) is 0 Å². The summed E-state index contributed by atoms with van der Waals surface area (Å²) in [6.07, 6.45) is 0. The molecule has 2 heterocycles. The summed E-state index contributed by atoms with van der Waals surface area (Å²) in [6.45, 7) is 2.09. The fourth-order valence-electron chi connectivity index (χ4n) is 3.65. The highest BCUT2D eigenvalue weighted by atomic mass is 32.1. The fraction of sp³-hybridized carbons (Fsp3) is 0.0741. The zero-order valence-corrected chi connectivity index (χ0v) is 20.0. The number of carbonyl (C=O) groups is 2. The van der Waals surface area contributed by atoms with Gasteiger partial charge in [-0.25, -0.2) is 4.39 Å². The number of aryl methyl sites for hydroxylation is 1. The van der Waals surface area contributed by atoms with Gasteiger partial charge in [-0.05, 0) is 60.5 Å². The topological polar surface area (TPSA) is 96.1 Å². The molecule has 5 aromatic rings. The number of aromatic amines is 1. The Kier molecular flexibility index (Phi) is 6.46. The number of halogens is 1. The van der Waals surface area contributed by atoms with Crippen LogP contribution >= 0.6 is 11.3 Å². The van der Waals surface area contributed by atoms with Crippen molar-refractivity contribution in [2.75, 3.05) is 5.32 Å². The van der Waals surface area contributed by atoms with Crippen molar-refractivity contribution in [2.24, 2.45) is 0 Å². The molecule has 0 atom stereocenters. The van der Waals surface area contributed by atoms with Crippen LogP contribution < -0.4 is 15.4 Å². The van der Waals surface area contributed by atoms with Crippen molar-refractivity contribution in [2.45, 2.75) is 13.5 Å². The zero-order valence-electron chi connectivity index (χ0n) is 19.2. The lowest BCUT2D eigenvalue weighted by atomic mass is 10.2. The average Bonchev–Trinajstić information content (AvgIpc) is 3.44. The Morgan fingerprint density at radius 1 is 0.972 bits per heavy atom. The quantitative estimate of drug-likeness (QED) is 0.254. The zero-order chi connectivity index (χ0) is 25.1. The number of ether oxygens (including phenoxy) is 1. The van der Waals surface area contributed by atoms with E-state index in [9.17, 15) is 14.0 Å². The van der Waals surface area contributed by atoms with Crippen LogP contribution in [0.5, 0.6) is 11.5 Å². The number of nitrogens with zero attached hydrogens (tertiary/aromatic N) is 1. The minimum Gasteiger partial charge on any atom is -0.457 e. The smallest absolute Gasteiger partial charge is 0.261 e. The van der Waals surface area contributed by atoms with Crippen molar-refractivity contribution in [3.63, 3.8) is 0 Å². The number of hydrogen-bond donors (Lipinski definition) is 3. The number of amides is 2. The lowest BCUT2D eigenvalue weighted by Gasteiger charge is -2.07. The van der Waals surface area contributed by atoms with E-state index in [-0.39, 0.29) is 24.2 Å². The summed E-state index contributed by atoms with van der Waals surface area (Å²) >= 11 is 1.24. The molecule has 36 heavy (non-hydrogen) atoms. The highest BCUT2D eigenvalue weighted by molar-refractivity contribution is 7.21. The summed E-state index contributed by atoms with van der Waals surface area (Å²) in [7, 11) is 0. The molecule has 2 amide bonds. The van der Waals surface area contributed by atoms with Gasteiger partial charge in [-0.3, -0.25) is 14.7 Å². The van der Waals surface area contributed by atoms with E-state index in [1.807, 2.05) is 37.3 Å². The molecule has 0 aliphatic rings. The number of H-pyrrole nitrogens is 1. The van der Waals surface area contributed by atoms with Crippen LogP contribution in [0.15, 0.2) is 78.9 Å². The summed E-state index contributed by atoms with van der Waals surface area (Å²) in [5.41, 5.74) is 2.61. The maximum Gasteiger partial charge on any atom is 0.261 e. The van der Waals surface area contributed by atoms with Gasteiger partial charge in [0.15, 0.2) is 5.82 Å². The first-order valence-corrected chi connectivity index (χ1v) is 11.9. The Morgan fingerprint density at radius 2 is 1.72 bits per heavy atom. The molecule has 0 saturated heterocycles. The van der Waals surface area contributed by atoms with Gasteiger partial charge in [0, 0.05) is 12.1 Å². The van der Waals surface area contributed by atoms with E-state index in [1.54, 1.807) is 36.4 Å². The molecular weight excluding hydrogens is 479 g/mol. The van der Waals surface area contributed by atoms with Crippen molar-refractivity contribution in [3.05, 3.63) is 106 Å². The summed E-state index contributed by atoms with van der Waals surface area (Å²) in [6, 6.07) is 22.1. The molecule has 0 bridgehead atoms. The Bertz CT molecular complexity index is 1540. The predicted octanol–water partition coefficient (Wildman–Crippen LogP) is 6.05. The van der Waals surface area contributed by atoms with E-state index in [2.05, 4.69) is 20.8 Å². The number of benzene rings is 3. The third kappa shape index (κ3) is 4.96. The van der Waals surface area contributed by atoms with Crippen LogP contribution in [-0.2, 0) is 6.54 Å². The number of nitrogens with one attached hydrogen (secondary N) is 3. The molecular formula is C27H21FN4O3S. The maximum atomic E-state index is 13.1. The molecule has 3 N–H and O–H groups in total. The van der Waals surface area contributed by atoms with Gasteiger partial charge in [-0.1, -0.05) is 36.4 Å². The molecule has 0 saturated carbocycles. The molecule has 0 aliphatic heterocycles. The van der Waals surface area contributed by atoms with Crippen molar-refractivity contribution in [1.29, 1.82) is 0 Å². The van der Waals surface area contributed by atoms with Gasteiger partial charge in [-0.15, -0.1) is 11.3 Å². The number of hydrogen-bond acceptors (Lipinski definition) is 5. The number of fused-ring (bicyclic) bond motifs is 1. The highest BCUT2D eigenvalue weighted by Crippen LogP contribution is 2.34. The summed E-state index contributed by atoms with van der Waals surface area (Å²) in [4.78, 5) is 26.3. The van der Waals surface area contributed by atoms with E-state index in [0.29, 0.717) is 38.0 Å². The SMILES string of the molecule is Cc1c(C(=O)NCc2ccc(F)cc2)sc2c(NC(=O)c3cccc(Oc4ccccc4)c3)n[nH]c12. The monoisotopic (exact) mass is 500 g/mol.